The molecule has 2 atom stereocenters. The summed E-state index contributed by atoms with van der Waals surface area (Å²) in [6.07, 6.45) is 1.05. The molecule has 0 amide bonds. The van der Waals surface area contributed by atoms with Crippen LogP contribution >= 0.6 is 11.3 Å². The van der Waals surface area contributed by atoms with Crippen molar-refractivity contribution in [3.05, 3.63) is 82.6 Å². The summed E-state index contributed by atoms with van der Waals surface area (Å²) >= 11 is 1.41. The third-order valence-electron chi connectivity index (χ3n) is 5.28. The first-order valence-electron chi connectivity index (χ1n) is 8.92. The number of hydrogen-bond donors (Lipinski definition) is 1. The van der Waals surface area contributed by atoms with E-state index in [0.29, 0.717) is 16.7 Å². The van der Waals surface area contributed by atoms with Crippen molar-refractivity contribution in [2.45, 2.75) is 24.8 Å². The molecule has 27 heavy (non-hydrogen) atoms. The van der Waals surface area contributed by atoms with Gasteiger partial charge in [0.05, 0.1) is 5.69 Å². The van der Waals surface area contributed by atoms with Gasteiger partial charge < -0.3 is 5.32 Å². The molecule has 1 N–H and O–H groups in total. The van der Waals surface area contributed by atoms with E-state index in [4.69, 9.17) is 0 Å². The van der Waals surface area contributed by atoms with Gasteiger partial charge in [-0.2, -0.15) is 4.52 Å². The first-order chi connectivity index (χ1) is 13.1. The van der Waals surface area contributed by atoms with Gasteiger partial charge in [0.1, 0.15) is 0 Å². The number of nitrogens with zero attached hydrogens (tertiary/aromatic N) is 3. The second kappa shape index (κ2) is 6.03. The van der Waals surface area contributed by atoms with Crippen molar-refractivity contribution in [2.75, 3.05) is 5.32 Å². The Labute approximate surface area is 160 Å². The second-order valence-corrected chi connectivity index (χ2v) is 8.09. The van der Waals surface area contributed by atoms with E-state index in [1.165, 1.54) is 27.5 Å². The Morgan fingerprint density at radius 1 is 1.11 bits per heavy atom. The van der Waals surface area contributed by atoms with Crippen LogP contribution in [0.2, 0.25) is 0 Å². The van der Waals surface area contributed by atoms with Crippen LogP contribution in [0, 0.1) is 0 Å². The molecule has 2 aromatic heterocycles. The van der Waals surface area contributed by atoms with Crippen LogP contribution in [0.5, 0.6) is 0 Å². The van der Waals surface area contributed by atoms with Crippen LogP contribution in [0.1, 0.15) is 18.9 Å². The first-order valence-corrected chi connectivity index (χ1v) is 9.73. The van der Waals surface area contributed by atoms with Gasteiger partial charge in [-0.3, -0.25) is 4.79 Å². The van der Waals surface area contributed by atoms with Crippen molar-refractivity contribution in [3.8, 4) is 11.3 Å². The minimum atomic E-state index is -0.162. The Hall–Kier alpha value is -2.99. The molecule has 2 aromatic carbocycles. The van der Waals surface area contributed by atoms with E-state index in [0.717, 1.165) is 17.1 Å². The maximum absolute atomic E-state index is 12.5. The molecule has 5 rings (SSSR count). The molecule has 134 valence electrons. The molecule has 1 aliphatic carbocycles. The molecule has 1 saturated carbocycles. The van der Waals surface area contributed by atoms with Crippen LogP contribution in [0.25, 0.3) is 16.2 Å². The number of rotatable bonds is 4. The second-order valence-electron chi connectivity index (χ2n) is 7.13. The van der Waals surface area contributed by atoms with Gasteiger partial charge >= 0.3 is 0 Å². The lowest BCUT2D eigenvalue weighted by atomic mass is 9.98. The lowest BCUT2D eigenvalue weighted by Gasteiger charge is -2.11. The number of hydrogen-bond acceptors (Lipinski definition) is 5. The number of anilines is 1. The number of benzene rings is 2. The van der Waals surface area contributed by atoms with Gasteiger partial charge in [0.15, 0.2) is 0 Å². The van der Waals surface area contributed by atoms with E-state index in [1.807, 2.05) is 36.4 Å². The average Bonchev–Trinajstić information content (AvgIpc) is 3.17. The maximum atomic E-state index is 12.5. The molecular formula is C21H18N4OS. The summed E-state index contributed by atoms with van der Waals surface area (Å²) in [6.45, 7) is 2.26. The van der Waals surface area contributed by atoms with E-state index in [1.54, 1.807) is 0 Å². The summed E-state index contributed by atoms with van der Waals surface area (Å²) in [5, 5.41) is 8.65. The highest BCUT2D eigenvalue weighted by molar-refractivity contribution is 7.20. The zero-order valence-electron chi connectivity index (χ0n) is 14.8. The molecule has 1 fully saturated rings. The molecule has 0 unspecified atom stereocenters. The van der Waals surface area contributed by atoms with E-state index in [2.05, 4.69) is 46.6 Å². The SMILES string of the molecule is C[C@]1(c2ccccc2)C[C@@H]1Nc1nn2c(=O)cc(-c3ccccc3)nc2s1. The Balaban J connectivity index is 1.44. The van der Waals surface area contributed by atoms with E-state index in [-0.39, 0.29) is 11.0 Å². The van der Waals surface area contributed by atoms with Crippen molar-refractivity contribution in [3.63, 3.8) is 0 Å². The predicted octanol–water partition coefficient (Wildman–Crippen LogP) is 3.96. The minimum absolute atomic E-state index is 0.104. The van der Waals surface area contributed by atoms with Crippen LogP contribution in [0.15, 0.2) is 71.5 Å². The van der Waals surface area contributed by atoms with Gasteiger partial charge in [-0.1, -0.05) is 78.9 Å². The molecule has 4 aromatic rings. The minimum Gasteiger partial charge on any atom is -0.356 e. The van der Waals surface area contributed by atoms with E-state index >= 15 is 0 Å². The summed E-state index contributed by atoms with van der Waals surface area (Å²) in [5.41, 5.74) is 2.87. The van der Waals surface area contributed by atoms with Gasteiger partial charge in [0, 0.05) is 23.1 Å². The Bertz CT molecular complexity index is 1170. The molecule has 0 bridgehead atoms. The third kappa shape index (κ3) is 2.82. The molecule has 0 radical (unpaired) electrons. The Kier molecular flexibility index (Phi) is 3.62. The molecule has 0 spiro atoms. The lowest BCUT2D eigenvalue weighted by molar-refractivity contribution is 0.756. The van der Waals surface area contributed by atoms with Gasteiger partial charge in [0.2, 0.25) is 10.1 Å². The molecule has 0 saturated heterocycles. The third-order valence-corrected chi connectivity index (χ3v) is 6.12. The van der Waals surface area contributed by atoms with Crippen LogP contribution < -0.4 is 10.9 Å². The fourth-order valence-corrected chi connectivity index (χ4v) is 4.35. The van der Waals surface area contributed by atoms with Crippen molar-refractivity contribution >= 4 is 21.4 Å². The molecule has 0 aliphatic heterocycles. The summed E-state index contributed by atoms with van der Waals surface area (Å²) < 4.78 is 1.38. The fourth-order valence-electron chi connectivity index (χ4n) is 3.49. The number of nitrogens with one attached hydrogen (secondary N) is 1. The van der Waals surface area contributed by atoms with Gasteiger partial charge in [0.25, 0.3) is 5.56 Å². The molecular weight excluding hydrogens is 356 g/mol. The highest BCUT2D eigenvalue weighted by Crippen LogP contribution is 2.49. The smallest absolute Gasteiger partial charge is 0.275 e. The van der Waals surface area contributed by atoms with Gasteiger partial charge in [-0.25, -0.2) is 4.98 Å². The van der Waals surface area contributed by atoms with Crippen LogP contribution in [0.3, 0.4) is 0 Å². The normalized spacial score (nSPS) is 21.3. The molecule has 2 heterocycles. The standard InChI is InChI=1S/C21H18N4OS/c1-21(15-10-6-3-7-11-15)13-17(21)23-19-24-25-18(26)12-16(22-20(25)27-19)14-8-4-2-5-9-14/h2-12,17H,13H2,1H3,(H,23,24)/t17-,21+/m0/s1. The first kappa shape index (κ1) is 16.2. The van der Waals surface area contributed by atoms with Gasteiger partial charge in [-0.15, -0.1) is 5.10 Å². The summed E-state index contributed by atoms with van der Waals surface area (Å²) in [7, 11) is 0. The highest BCUT2D eigenvalue weighted by Gasteiger charge is 2.51. The zero-order chi connectivity index (χ0) is 18.4. The van der Waals surface area contributed by atoms with Crippen LogP contribution in [-0.4, -0.2) is 20.6 Å². The van der Waals surface area contributed by atoms with Gasteiger partial charge in [-0.05, 0) is 12.0 Å². The van der Waals surface area contributed by atoms with E-state index < -0.39 is 0 Å². The van der Waals surface area contributed by atoms with Crippen molar-refractivity contribution in [2.24, 2.45) is 0 Å². The van der Waals surface area contributed by atoms with E-state index in [9.17, 15) is 4.79 Å². The maximum Gasteiger partial charge on any atom is 0.275 e. The summed E-state index contributed by atoms with van der Waals surface area (Å²) in [6, 6.07) is 22.1. The zero-order valence-corrected chi connectivity index (χ0v) is 15.6. The lowest BCUT2D eigenvalue weighted by Crippen LogP contribution is -2.16. The highest BCUT2D eigenvalue weighted by atomic mass is 32.1. The summed E-state index contributed by atoms with van der Waals surface area (Å²) in [5.74, 6) is 0. The average molecular weight is 374 g/mol. The number of aromatic nitrogens is 3. The topological polar surface area (TPSA) is 59.3 Å². The largest absolute Gasteiger partial charge is 0.356 e. The number of fused-ring (bicyclic) bond motifs is 1. The Morgan fingerprint density at radius 2 is 1.81 bits per heavy atom. The van der Waals surface area contributed by atoms with Crippen molar-refractivity contribution < 1.29 is 0 Å². The Morgan fingerprint density at radius 3 is 2.56 bits per heavy atom. The fraction of sp³-hybridized carbons (Fsp3) is 0.190. The van der Waals surface area contributed by atoms with Crippen LogP contribution in [-0.2, 0) is 5.41 Å². The molecule has 6 heteroatoms. The molecule has 1 aliphatic rings. The van der Waals surface area contributed by atoms with Crippen LogP contribution in [0.4, 0.5) is 5.13 Å². The molecule has 5 nitrogen and oxygen atoms in total. The monoisotopic (exact) mass is 374 g/mol. The summed E-state index contributed by atoms with van der Waals surface area (Å²) in [4.78, 5) is 17.7. The predicted molar refractivity (Wildman–Crippen MR) is 108 cm³/mol. The van der Waals surface area contributed by atoms with Crippen molar-refractivity contribution in [1.29, 1.82) is 0 Å². The van der Waals surface area contributed by atoms with Crippen molar-refractivity contribution in [1.82, 2.24) is 14.6 Å². The quantitative estimate of drug-likeness (QED) is 0.587.